The SMILES string of the molecule is CCOC(=O)C1=CC(Nc2nc(CC)nc(N3CCN(C)CC3)n2)=NC1. The van der Waals surface area contributed by atoms with Gasteiger partial charge in [0.2, 0.25) is 11.9 Å². The first-order chi connectivity index (χ1) is 12.6. The first-order valence-corrected chi connectivity index (χ1v) is 8.96. The molecule has 0 aliphatic carbocycles. The number of likely N-dealkylation sites (N-methyl/N-ethyl adjacent to an activating group) is 1. The molecule has 2 aliphatic heterocycles. The molecule has 0 aromatic carbocycles. The number of anilines is 2. The van der Waals surface area contributed by atoms with Gasteiger partial charge in [0.25, 0.3) is 0 Å². The maximum Gasteiger partial charge on any atom is 0.336 e. The topological polar surface area (TPSA) is 95.8 Å². The van der Waals surface area contributed by atoms with Crippen molar-refractivity contribution in [2.45, 2.75) is 20.3 Å². The Kier molecular flexibility index (Phi) is 5.77. The molecule has 0 spiro atoms. The molecule has 26 heavy (non-hydrogen) atoms. The maximum absolute atomic E-state index is 11.8. The molecule has 3 heterocycles. The first kappa shape index (κ1) is 18.2. The van der Waals surface area contributed by atoms with Crippen LogP contribution in [0.5, 0.6) is 0 Å². The molecule has 1 saturated heterocycles. The van der Waals surface area contributed by atoms with Crippen molar-refractivity contribution in [2.75, 3.05) is 56.6 Å². The molecule has 1 aromatic heterocycles. The monoisotopic (exact) mass is 359 g/mol. The van der Waals surface area contributed by atoms with Gasteiger partial charge in [0, 0.05) is 32.6 Å². The van der Waals surface area contributed by atoms with Crippen LogP contribution in [0.4, 0.5) is 11.9 Å². The zero-order chi connectivity index (χ0) is 18.5. The Labute approximate surface area is 153 Å². The van der Waals surface area contributed by atoms with E-state index >= 15 is 0 Å². The second-order valence-electron chi connectivity index (χ2n) is 6.24. The van der Waals surface area contributed by atoms with Crippen LogP contribution < -0.4 is 10.2 Å². The summed E-state index contributed by atoms with van der Waals surface area (Å²) < 4.78 is 5.01. The third-order valence-corrected chi connectivity index (χ3v) is 4.28. The second kappa shape index (κ2) is 8.22. The fourth-order valence-electron chi connectivity index (χ4n) is 2.73. The van der Waals surface area contributed by atoms with Crippen LogP contribution >= 0.6 is 0 Å². The van der Waals surface area contributed by atoms with E-state index in [1.807, 2.05) is 6.92 Å². The fourth-order valence-corrected chi connectivity index (χ4v) is 2.73. The summed E-state index contributed by atoms with van der Waals surface area (Å²) in [7, 11) is 2.11. The Hall–Kier alpha value is -2.55. The van der Waals surface area contributed by atoms with E-state index in [1.54, 1.807) is 13.0 Å². The molecule has 0 bridgehead atoms. The molecule has 0 amide bonds. The van der Waals surface area contributed by atoms with E-state index in [4.69, 9.17) is 4.74 Å². The number of hydrogen-bond acceptors (Lipinski definition) is 9. The van der Waals surface area contributed by atoms with Gasteiger partial charge in [0.1, 0.15) is 11.7 Å². The van der Waals surface area contributed by atoms with Crippen LogP contribution in [-0.4, -0.2) is 78.0 Å². The van der Waals surface area contributed by atoms with Crippen LogP contribution in [0, 0.1) is 0 Å². The van der Waals surface area contributed by atoms with Gasteiger partial charge in [-0.15, -0.1) is 0 Å². The minimum absolute atomic E-state index is 0.304. The molecule has 140 valence electrons. The van der Waals surface area contributed by atoms with E-state index in [1.165, 1.54) is 0 Å². The minimum Gasteiger partial charge on any atom is -0.463 e. The summed E-state index contributed by atoms with van der Waals surface area (Å²) in [6, 6.07) is 0. The normalized spacial score (nSPS) is 17.7. The number of amidine groups is 1. The number of piperazine rings is 1. The highest BCUT2D eigenvalue weighted by molar-refractivity contribution is 6.10. The number of carbonyl (C=O) groups excluding carboxylic acids is 1. The molecule has 9 heteroatoms. The van der Waals surface area contributed by atoms with E-state index in [9.17, 15) is 4.79 Å². The number of nitrogens with zero attached hydrogens (tertiary/aromatic N) is 6. The van der Waals surface area contributed by atoms with Gasteiger partial charge in [-0.05, 0) is 20.0 Å². The van der Waals surface area contributed by atoms with Crippen molar-refractivity contribution in [2.24, 2.45) is 4.99 Å². The maximum atomic E-state index is 11.8. The highest BCUT2D eigenvalue weighted by atomic mass is 16.5. The number of aryl methyl sites for hydroxylation is 1. The molecule has 1 aromatic rings. The number of hydrogen-bond donors (Lipinski definition) is 1. The predicted octanol–water partition coefficient (Wildman–Crippen LogP) is 0.499. The number of aromatic nitrogens is 3. The Balaban J connectivity index is 1.74. The summed E-state index contributed by atoms with van der Waals surface area (Å²) in [6.45, 7) is 8.18. The zero-order valence-corrected chi connectivity index (χ0v) is 15.5. The standard InChI is InChI=1S/C17H25N7O2/c1-4-13-19-16(20-14-10-12(11-18-14)15(25)26-5-2)22-17(21-13)24-8-6-23(3)7-9-24/h10H,4-9,11H2,1-3H3,(H,18,19,20,21,22). The lowest BCUT2D eigenvalue weighted by Crippen LogP contribution is -2.45. The largest absolute Gasteiger partial charge is 0.463 e. The second-order valence-corrected chi connectivity index (χ2v) is 6.24. The van der Waals surface area contributed by atoms with Gasteiger partial charge < -0.3 is 19.9 Å². The lowest BCUT2D eigenvalue weighted by atomic mass is 10.3. The summed E-state index contributed by atoms with van der Waals surface area (Å²) in [4.78, 5) is 34.1. The zero-order valence-electron chi connectivity index (χ0n) is 15.5. The van der Waals surface area contributed by atoms with Gasteiger partial charge in [-0.2, -0.15) is 15.0 Å². The van der Waals surface area contributed by atoms with E-state index < -0.39 is 0 Å². The van der Waals surface area contributed by atoms with Crippen molar-refractivity contribution >= 4 is 23.7 Å². The summed E-state index contributed by atoms with van der Waals surface area (Å²) in [6.07, 6.45) is 2.40. The molecule has 0 atom stereocenters. The van der Waals surface area contributed by atoms with Gasteiger partial charge in [-0.25, -0.2) is 4.79 Å². The Morgan fingerprint density at radius 3 is 2.65 bits per heavy atom. The van der Waals surface area contributed by atoms with E-state index in [0.29, 0.717) is 42.9 Å². The number of carbonyl (C=O) groups is 1. The van der Waals surface area contributed by atoms with Gasteiger partial charge in [-0.1, -0.05) is 6.92 Å². The summed E-state index contributed by atoms with van der Waals surface area (Å²) in [5.41, 5.74) is 0.526. The van der Waals surface area contributed by atoms with Gasteiger partial charge >= 0.3 is 5.97 Å². The van der Waals surface area contributed by atoms with E-state index in [2.05, 4.69) is 42.1 Å². The molecule has 9 nitrogen and oxygen atoms in total. The lowest BCUT2D eigenvalue weighted by molar-refractivity contribution is -0.138. The van der Waals surface area contributed by atoms with Crippen LogP contribution in [0.2, 0.25) is 0 Å². The van der Waals surface area contributed by atoms with Crippen molar-refractivity contribution in [1.82, 2.24) is 19.9 Å². The fraction of sp³-hybridized carbons (Fsp3) is 0.588. The third kappa shape index (κ3) is 4.34. The van der Waals surface area contributed by atoms with Crippen LogP contribution in [0.25, 0.3) is 0 Å². The van der Waals surface area contributed by atoms with Crippen LogP contribution in [0.1, 0.15) is 19.7 Å². The third-order valence-electron chi connectivity index (χ3n) is 4.28. The first-order valence-electron chi connectivity index (χ1n) is 8.96. The molecular weight excluding hydrogens is 334 g/mol. The smallest absolute Gasteiger partial charge is 0.336 e. The lowest BCUT2D eigenvalue weighted by Gasteiger charge is -2.32. The van der Waals surface area contributed by atoms with Crippen molar-refractivity contribution in [3.63, 3.8) is 0 Å². The summed E-state index contributed by atoms with van der Waals surface area (Å²) in [5.74, 6) is 2.08. The Morgan fingerprint density at radius 1 is 1.19 bits per heavy atom. The van der Waals surface area contributed by atoms with Gasteiger partial charge in [0.05, 0.1) is 18.7 Å². The van der Waals surface area contributed by atoms with E-state index in [0.717, 1.165) is 32.0 Å². The molecule has 2 aliphatic rings. The quantitative estimate of drug-likeness (QED) is 0.760. The molecular formula is C17H25N7O2. The predicted molar refractivity (Wildman–Crippen MR) is 99.6 cm³/mol. The van der Waals surface area contributed by atoms with Gasteiger partial charge in [-0.3, -0.25) is 4.99 Å². The number of rotatable bonds is 5. The molecule has 0 radical (unpaired) electrons. The van der Waals surface area contributed by atoms with Crippen molar-refractivity contribution in [1.29, 1.82) is 0 Å². The van der Waals surface area contributed by atoms with Crippen molar-refractivity contribution in [3.05, 3.63) is 17.5 Å². The molecule has 1 fully saturated rings. The van der Waals surface area contributed by atoms with Crippen LogP contribution in [0.3, 0.4) is 0 Å². The highest BCUT2D eigenvalue weighted by Crippen LogP contribution is 2.15. The summed E-state index contributed by atoms with van der Waals surface area (Å²) >= 11 is 0. The number of aliphatic imine (C=N–C) groups is 1. The molecule has 0 unspecified atom stereocenters. The average Bonchev–Trinajstić information content (AvgIpc) is 3.11. The summed E-state index contributed by atoms with van der Waals surface area (Å²) in [5, 5.41) is 3.10. The van der Waals surface area contributed by atoms with Crippen LogP contribution in [-0.2, 0) is 16.0 Å². The number of nitrogens with one attached hydrogen (secondary N) is 1. The highest BCUT2D eigenvalue weighted by Gasteiger charge is 2.20. The minimum atomic E-state index is -0.337. The van der Waals surface area contributed by atoms with E-state index in [-0.39, 0.29) is 5.97 Å². The molecule has 0 saturated carbocycles. The molecule has 3 rings (SSSR count). The van der Waals surface area contributed by atoms with Gasteiger partial charge in [0.15, 0.2) is 0 Å². The van der Waals surface area contributed by atoms with Crippen molar-refractivity contribution in [3.8, 4) is 0 Å². The van der Waals surface area contributed by atoms with Crippen molar-refractivity contribution < 1.29 is 9.53 Å². The average molecular weight is 359 g/mol. The Bertz CT molecular complexity index is 724. The number of esters is 1. The van der Waals surface area contributed by atoms with Crippen LogP contribution in [0.15, 0.2) is 16.6 Å². The number of ether oxygens (including phenoxy) is 1. The molecule has 1 N–H and O–H groups in total. The Morgan fingerprint density at radius 2 is 1.96 bits per heavy atom.